The number of hydrogen-bond acceptors (Lipinski definition) is 3. The zero-order valence-electron chi connectivity index (χ0n) is 11.7. The van der Waals surface area contributed by atoms with Crippen molar-refractivity contribution < 1.29 is 8.42 Å². The number of aryl methyl sites for hydroxylation is 2. The first-order chi connectivity index (χ1) is 10.1. The summed E-state index contributed by atoms with van der Waals surface area (Å²) in [5, 5.41) is 0. The van der Waals surface area contributed by atoms with Crippen LogP contribution in [-0.4, -0.2) is 28.8 Å². The summed E-state index contributed by atoms with van der Waals surface area (Å²) in [6.45, 7) is 1.52. The molecule has 0 bridgehead atoms. The molecule has 21 heavy (non-hydrogen) atoms. The first-order valence-electron chi connectivity index (χ1n) is 7.26. The lowest BCUT2D eigenvalue weighted by atomic mass is 10.1. The van der Waals surface area contributed by atoms with E-state index in [9.17, 15) is 8.42 Å². The Bertz CT molecular complexity index is 795. The largest absolute Gasteiger partial charge is 0.333 e. The third-order valence-corrected chi connectivity index (χ3v) is 6.26. The first kappa shape index (κ1) is 13.0. The lowest BCUT2D eigenvalue weighted by Crippen LogP contribution is -2.38. The van der Waals surface area contributed by atoms with E-state index in [1.807, 2.05) is 22.9 Å². The average Bonchev–Trinajstić information content (AvgIpc) is 3.14. The molecule has 0 saturated carbocycles. The van der Waals surface area contributed by atoms with Crippen molar-refractivity contribution in [1.29, 1.82) is 0 Å². The van der Waals surface area contributed by atoms with Gasteiger partial charge in [-0.3, -0.25) is 0 Å². The Hall–Kier alpha value is -1.66. The van der Waals surface area contributed by atoms with E-state index in [2.05, 4.69) is 4.98 Å². The number of hydrogen-bond donors (Lipinski definition) is 0. The standard InChI is InChI=1S/C15H17N3O2S/c19-21(20,14-5-4-12-2-1-3-13(12)10-14)18-9-8-17-7-6-16-15(17)11-18/h4-7,10H,1-3,8-9,11H2. The summed E-state index contributed by atoms with van der Waals surface area (Å²) in [6, 6.07) is 5.58. The van der Waals surface area contributed by atoms with Crippen molar-refractivity contribution in [2.45, 2.75) is 37.2 Å². The second-order valence-corrected chi connectivity index (χ2v) is 7.60. The minimum atomic E-state index is -3.42. The predicted octanol–water partition coefficient (Wildman–Crippen LogP) is 1.58. The Labute approximate surface area is 124 Å². The van der Waals surface area contributed by atoms with Gasteiger partial charge in [0.25, 0.3) is 0 Å². The normalized spacial score (nSPS) is 18.5. The van der Waals surface area contributed by atoms with Crippen LogP contribution >= 0.6 is 0 Å². The Kier molecular flexibility index (Phi) is 2.90. The third-order valence-electron chi connectivity index (χ3n) is 4.42. The highest BCUT2D eigenvalue weighted by Gasteiger charge is 2.29. The summed E-state index contributed by atoms with van der Waals surface area (Å²) in [4.78, 5) is 4.65. The minimum Gasteiger partial charge on any atom is -0.333 e. The number of sulfonamides is 1. The number of aromatic nitrogens is 2. The maximum atomic E-state index is 12.8. The van der Waals surface area contributed by atoms with Crippen LogP contribution in [0.2, 0.25) is 0 Å². The van der Waals surface area contributed by atoms with E-state index in [1.165, 1.54) is 15.4 Å². The number of imidazole rings is 1. The topological polar surface area (TPSA) is 55.2 Å². The molecule has 1 aliphatic carbocycles. The fourth-order valence-electron chi connectivity index (χ4n) is 3.21. The van der Waals surface area contributed by atoms with Crippen molar-refractivity contribution in [3.63, 3.8) is 0 Å². The number of rotatable bonds is 2. The van der Waals surface area contributed by atoms with Crippen LogP contribution in [-0.2, 0) is 36.0 Å². The summed E-state index contributed by atoms with van der Waals surface area (Å²) in [7, 11) is -3.42. The van der Waals surface area contributed by atoms with Gasteiger partial charge in [0.05, 0.1) is 11.4 Å². The molecule has 0 fully saturated rings. The molecule has 5 nitrogen and oxygen atoms in total. The molecule has 1 aromatic carbocycles. The monoisotopic (exact) mass is 303 g/mol. The Morgan fingerprint density at radius 1 is 1.10 bits per heavy atom. The Morgan fingerprint density at radius 2 is 1.95 bits per heavy atom. The molecule has 2 heterocycles. The molecule has 0 amide bonds. The van der Waals surface area contributed by atoms with Gasteiger partial charge in [0, 0.05) is 25.5 Å². The van der Waals surface area contributed by atoms with Crippen LogP contribution in [0.5, 0.6) is 0 Å². The molecule has 4 rings (SSSR count). The lowest BCUT2D eigenvalue weighted by molar-refractivity contribution is 0.335. The molecule has 0 saturated heterocycles. The van der Waals surface area contributed by atoms with Gasteiger partial charge in [0.15, 0.2) is 0 Å². The fraction of sp³-hybridized carbons (Fsp3) is 0.400. The van der Waals surface area contributed by atoms with Crippen molar-refractivity contribution in [2.75, 3.05) is 6.54 Å². The van der Waals surface area contributed by atoms with Gasteiger partial charge in [-0.15, -0.1) is 0 Å². The molecule has 110 valence electrons. The van der Waals surface area contributed by atoms with Crippen LogP contribution < -0.4 is 0 Å². The quantitative estimate of drug-likeness (QED) is 0.846. The summed E-state index contributed by atoms with van der Waals surface area (Å²) in [5.74, 6) is 0.811. The smallest absolute Gasteiger partial charge is 0.243 e. The zero-order valence-corrected chi connectivity index (χ0v) is 12.5. The maximum Gasteiger partial charge on any atom is 0.243 e. The van der Waals surface area contributed by atoms with Gasteiger partial charge in [0.1, 0.15) is 5.82 Å². The lowest BCUT2D eigenvalue weighted by Gasteiger charge is -2.27. The highest BCUT2D eigenvalue weighted by molar-refractivity contribution is 7.89. The van der Waals surface area contributed by atoms with Gasteiger partial charge in [-0.2, -0.15) is 4.31 Å². The fourth-order valence-corrected chi connectivity index (χ4v) is 4.65. The van der Waals surface area contributed by atoms with E-state index in [4.69, 9.17) is 0 Å². The molecule has 2 aromatic rings. The highest BCUT2D eigenvalue weighted by Crippen LogP contribution is 2.27. The predicted molar refractivity (Wildman–Crippen MR) is 78.3 cm³/mol. The number of fused-ring (bicyclic) bond motifs is 2. The van der Waals surface area contributed by atoms with E-state index in [-0.39, 0.29) is 0 Å². The van der Waals surface area contributed by atoms with Crippen LogP contribution in [0, 0.1) is 0 Å². The molecular weight excluding hydrogens is 286 g/mol. The van der Waals surface area contributed by atoms with Gasteiger partial charge < -0.3 is 4.57 Å². The van der Waals surface area contributed by atoms with Crippen molar-refractivity contribution in [3.8, 4) is 0 Å². The molecule has 0 atom stereocenters. The molecule has 1 aromatic heterocycles. The molecule has 0 unspecified atom stereocenters. The average molecular weight is 303 g/mol. The van der Waals surface area contributed by atoms with Crippen molar-refractivity contribution in [2.24, 2.45) is 0 Å². The van der Waals surface area contributed by atoms with Crippen LogP contribution in [0.3, 0.4) is 0 Å². The number of nitrogens with zero attached hydrogens (tertiary/aromatic N) is 3. The Balaban J connectivity index is 1.68. The molecular formula is C15H17N3O2S. The summed E-state index contributed by atoms with van der Waals surface area (Å²) in [6.07, 6.45) is 6.80. The van der Waals surface area contributed by atoms with E-state index in [0.29, 0.717) is 24.5 Å². The maximum absolute atomic E-state index is 12.8. The zero-order chi connectivity index (χ0) is 14.4. The van der Waals surface area contributed by atoms with E-state index in [0.717, 1.165) is 25.1 Å². The second-order valence-electron chi connectivity index (χ2n) is 5.66. The van der Waals surface area contributed by atoms with Gasteiger partial charge in [-0.1, -0.05) is 6.07 Å². The van der Waals surface area contributed by atoms with Crippen LogP contribution in [0.1, 0.15) is 23.4 Å². The van der Waals surface area contributed by atoms with Gasteiger partial charge >= 0.3 is 0 Å². The van der Waals surface area contributed by atoms with Gasteiger partial charge in [-0.25, -0.2) is 13.4 Å². The summed E-state index contributed by atoms with van der Waals surface area (Å²) in [5.41, 5.74) is 2.48. The SMILES string of the molecule is O=S(=O)(c1ccc2c(c1)CCC2)N1CCn2ccnc2C1. The van der Waals surface area contributed by atoms with Crippen LogP contribution in [0.15, 0.2) is 35.5 Å². The van der Waals surface area contributed by atoms with E-state index < -0.39 is 10.0 Å². The first-order valence-corrected chi connectivity index (χ1v) is 8.70. The van der Waals surface area contributed by atoms with E-state index in [1.54, 1.807) is 12.3 Å². The molecule has 0 spiro atoms. The minimum absolute atomic E-state index is 0.354. The molecule has 1 aliphatic heterocycles. The molecule has 0 radical (unpaired) electrons. The van der Waals surface area contributed by atoms with E-state index >= 15 is 0 Å². The third kappa shape index (κ3) is 2.10. The number of benzene rings is 1. The van der Waals surface area contributed by atoms with Crippen molar-refractivity contribution >= 4 is 10.0 Å². The summed E-state index contributed by atoms with van der Waals surface area (Å²) < 4.78 is 29.2. The highest BCUT2D eigenvalue weighted by atomic mass is 32.2. The molecule has 6 heteroatoms. The molecule has 2 aliphatic rings. The van der Waals surface area contributed by atoms with Crippen molar-refractivity contribution in [1.82, 2.24) is 13.9 Å². The van der Waals surface area contributed by atoms with Crippen molar-refractivity contribution in [3.05, 3.63) is 47.5 Å². The second kappa shape index (κ2) is 4.68. The van der Waals surface area contributed by atoms with Crippen LogP contribution in [0.25, 0.3) is 0 Å². The molecule has 0 N–H and O–H groups in total. The van der Waals surface area contributed by atoms with Crippen LogP contribution in [0.4, 0.5) is 0 Å². The summed E-state index contributed by atoms with van der Waals surface area (Å²) >= 11 is 0. The van der Waals surface area contributed by atoms with Gasteiger partial charge in [0.2, 0.25) is 10.0 Å². The Morgan fingerprint density at radius 3 is 2.86 bits per heavy atom. The van der Waals surface area contributed by atoms with Gasteiger partial charge in [-0.05, 0) is 42.5 Å².